The van der Waals surface area contributed by atoms with E-state index in [2.05, 4.69) is 48.1 Å². The topological polar surface area (TPSA) is 3.24 Å². The summed E-state index contributed by atoms with van der Waals surface area (Å²) in [5.41, 5.74) is 4.50. The highest BCUT2D eigenvalue weighted by atomic mass is 15.1. The Hall–Kier alpha value is -2.20. The first-order valence-corrected chi connectivity index (χ1v) is 5.30. The molecule has 16 heavy (non-hydrogen) atoms. The Morgan fingerprint density at radius 2 is 1.19 bits per heavy atom. The van der Waals surface area contributed by atoms with Crippen LogP contribution in [-0.2, 0) is 0 Å². The Kier molecular flexibility index (Phi) is 1.94. The molecule has 1 heteroatoms. The van der Waals surface area contributed by atoms with Crippen molar-refractivity contribution in [2.75, 3.05) is 11.9 Å². The van der Waals surface area contributed by atoms with Crippen LogP contribution in [-0.4, -0.2) is 7.05 Å². The van der Waals surface area contributed by atoms with Gasteiger partial charge in [0.1, 0.15) is 0 Å². The summed E-state index contributed by atoms with van der Waals surface area (Å²) < 4.78 is 0. The second-order valence-electron chi connectivity index (χ2n) is 3.84. The maximum absolute atomic E-state index is 3.22. The lowest BCUT2D eigenvalue weighted by Crippen LogP contribution is -2.11. The van der Waals surface area contributed by atoms with Gasteiger partial charge in [0, 0.05) is 18.2 Å². The molecule has 0 aromatic heterocycles. The van der Waals surface area contributed by atoms with Gasteiger partial charge in [-0.3, -0.25) is 0 Å². The predicted molar refractivity (Wildman–Crippen MR) is 66.9 cm³/mol. The molecule has 0 N–H and O–H groups in total. The zero-order valence-electron chi connectivity index (χ0n) is 9.07. The van der Waals surface area contributed by atoms with Gasteiger partial charge in [-0.15, -0.1) is 0 Å². The van der Waals surface area contributed by atoms with Gasteiger partial charge in [-0.05, 0) is 24.3 Å². The molecule has 0 atom stereocenters. The van der Waals surface area contributed by atoms with E-state index < -0.39 is 0 Å². The fraction of sp³-hybridized carbons (Fsp3) is 0.0667. The summed E-state index contributed by atoms with van der Waals surface area (Å²) in [4.78, 5) is 2.18. The van der Waals surface area contributed by atoms with Crippen LogP contribution in [0.15, 0.2) is 48.5 Å². The van der Waals surface area contributed by atoms with Crippen LogP contribution < -0.4 is 4.90 Å². The number of hydrogen-bond acceptors (Lipinski definition) is 1. The molecular formula is C15H11N. The number of anilines is 2. The van der Waals surface area contributed by atoms with E-state index in [4.69, 9.17) is 0 Å². The monoisotopic (exact) mass is 205 g/mol. The van der Waals surface area contributed by atoms with E-state index in [9.17, 15) is 0 Å². The summed E-state index contributed by atoms with van der Waals surface area (Å²) >= 11 is 0. The van der Waals surface area contributed by atoms with Gasteiger partial charge < -0.3 is 4.90 Å². The maximum atomic E-state index is 3.22. The highest BCUT2D eigenvalue weighted by Gasteiger charge is 2.12. The quantitative estimate of drug-likeness (QED) is 0.597. The molecule has 1 aliphatic rings. The van der Waals surface area contributed by atoms with Crippen molar-refractivity contribution in [3.8, 4) is 11.8 Å². The van der Waals surface area contributed by atoms with Crippen molar-refractivity contribution in [3.05, 3.63) is 59.7 Å². The van der Waals surface area contributed by atoms with Crippen LogP contribution in [0.2, 0.25) is 0 Å². The molecular weight excluding hydrogens is 194 g/mol. The number of nitrogens with zero attached hydrogens (tertiary/aromatic N) is 1. The minimum atomic E-state index is 1.08. The average Bonchev–Trinajstić information content (AvgIpc) is 2.49. The number of hydrogen-bond donors (Lipinski definition) is 0. The maximum Gasteiger partial charge on any atom is 0.0567 e. The van der Waals surface area contributed by atoms with Gasteiger partial charge >= 0.3 is 0 Å². The Labute approximate surface area is 95.3 Å². The highest BCUT2D eigenvalue weighted by Crippen LogP contribution is 2.30. The molecule has 0 saturated carbocycles. The zero-order chi connectivity index (χ0) is 11.0. The SMILES string of the molecule is CN1c2ccccc2C#Cc2ccccc21. The van der Waals surface area contributed by atoms with Crippen molar-refractivity contribution in [3.63, 3.8) is 0 Å². The molecule has 0 aliphatic carbocycles. The van der Waals surface area contributed by atoms with Crippen molar-refractivity contribution in [2.24, 2.45) is 0 Å². The number of benzene rings is 2. The van der Waals surface area contributed by atoms with Gasteiger partial charge in [0.05, 0.1) is 11.4 Å². The average molecular weight is 205 g/mol. The second-order valence-corrected chi connectivity index (χ2v) is 3.84. The molecule has 0 bridgehead atoms. The van der Waals surface area contributed by atoms with Gasteiger partial charge in [-0.1, -0.05) is 36.1 Å². The Morgan fingerprint density at radius 3 is 1.69 bits per heavy atom. The van der Waals surface area contributed by atoms with Crippen LogP contribution in [0.1, 0.15) is 11.1 Å². The summed E-state index contributed by atoms with van der Waals surface area (Å²) in [7, 11) is 2.08. The Balaban J connectivity index is 2.29. The van der Waals surface area contributed by atoms with Crippen molar-refractivity contribution >= 4 is 11.4 Å². The molecule has 0 fully saturated rings. The summed E-state index contributed by atoms with van der Waals surface area (Å²) in [5.74, 6) is 6.44. The molecule has 1 aliphatic heterocycles. The first-order valence-electron chi connectivity index (χ1n) is 5.30. The third-order valence-corrected chi connectivity index (χ3v) is 2.86. The molecule has 2 aromatic carbocycles. The molecule has 76 valence electrons. The molecule has 3 rings (SSSR count). The van der Waals surface area contributed by atoms with Crippen LogP contribution in [0.4, 0.5) is 11.4 Å². The lowest BCUT2D eigenvalue weighted by atomic mass is 10.1. The van der Waals surface area contributed by atoms with Crippen LogP contribution in [0.25, 0.3) is 0 Å². The lowest BCUT2D eigenvalue weighted by molar-refractivity contribution is 1.20. The minimum absolute atomic E-state index is 1.08. The van der Waals surface area contributed by atoms with E-state index in [1.165, 1.54) is 11.4 Å². The first kappa shape index (κ1) is 9.06. The normalized spacial score (nSPS) is 11.9. The number of fused-ring (bicyclic) bond motifs is 2. The molecule has 2 aromatic rings. The summed E-state index contributed by atoms with van der Waals surface area (Å²) in [6.07, 6.45) is 0. The van der Waals surface area contributed by atoms with E-state index in [0.29, 0.717) is 0 Å². The van der Waals surface area contributed by atoms with Gasteiger partial charge in [0.15, 0.2) is 0 Å². The summed E-state index contributed by atoms with van der Waals surface area (Å²) in [6, 6.07) is 16.5. The molecule has 0 saturated heterocycles. The van der Waals surface area contributed by atoms with E-state index >= 15 is 0 Å². The lowest BCUT2D eigenvalue weighted by Gasteiger charge is -2.20. The van der Waals surface area contributed by atoms with Crippen molar-refractivity contribution in [2.45, 2.75) is 0 Å². The largest absolute Gasteiger partial charge is 0.343 e. The smallest absolute Gasteiger partial charge is 0.0567 e. The van der Waals surface area contributed by atoms with Crippen LogP contribution in [0.3, 0.4) is 0 Å². The fourth-order valence-electron chi connectivity index (χ4n) is 2.01. The van der Waals surface area contributed by atoms with Gasteiger partial charge in [0.25, 0.3) is 0 Å². The molecule has 0 spiro atoms. The van der Waals surface area contributed by atoms with Gasteiger partial charge in [0.2, 0.25) is 0 Å². The van der Waals surface area contributed by atoms with E-state index in [1.54, 1.807) is 0 Å². The van der Waals surface area contributed by atoms with Crippen molar-refractivity contribution in [1.29, 1.82) is 0 Å². The zero-order valence-corrected chi connectivity index (χ0v) is 9.07. The van der Waals surface area contributed by atoms with Gasteiger partial charge in [-0.25, -0.2) is 0 Å². The van der Waals surface area contributed by atoms with E-state index in [1.807, 2.05) is 24.3 Å². The molecule has 0 radical (unpaired) electrons. The Morgan fingerprint density at radius 1 is 0.750 bits per heavy atom. The molecule has 0 amide bonds. The summed E-state index contributed by atoms with van der Waals surface area (Å²) in [5, 5.41) is 0. The predicted octanol–water partition coefficient (Wildman–Crippen LogP) is 3.17. The van der Waals surface area contributed by atoms with E-state index in [-0.39, 0.29) is 0 Å². The molecule has 1 nitrogen and oxygen atoms in total. The standard InChI is InChI=1S/C15H11N/c1-16-14-8-4-2-6-12(14)10-11-13-7-3-5-9-15(13)16/h2-9H,1H3. The van der Waals surface area contributed by atoms with E-state index in [0.717, 1.165) is 11.1 Å². The van der Waals surface area contributed by atoms with Crippen LogP contribution in [0, 0.1) is 11.8 Å². The Bertz CT molecular complexity index is 551. The second kappa shape index (κ2) is 3.43. The third kappa shape index (κ3) is 1.28. The number of para-hydroxylation sites is 2. The third-order valence-electron chi connectivity index (χ3n) is 2.86. The first-order chi connectivity index (χ1) is 7.86. The van der Waals surface area contributed by atoms with Gasteiger partial charge in [-0.2, -0.15) is 0 Å². The number of rotatable bonds is 0. The van der Waals surface area contributed by atoms with Crippen molar-refractivity contribution < 1.29 is 0 Å². The fourth-order valence-corrected chi connectivity index (χ4v) is 2.01. The highest BCUT2D eigenvalue weighted by molar-refractivity contribution is 5.76. The molecule has 0 unspecified atom stereocenters. The van der Waals surface area contributed by atoms with Crippen molar-refractivity contribution in [1.82, 2.24) is 0 Å². The van der Waals surface area contributed by atoms with Crippen LogP contribution >= 0.6 is 0 Å². The minimum Gasteiger partial charge on any atom is -0.343 e. The molecule has 1 heterocycles. The summed E-state index contributed by atoms with van der Waals surface area (Å²) in [6.45, 7) is 0. The van der Waals surface area contributed by atoms with Crippen LogP contribution in [0.5, 0.6) is 0 Å².